The fourth-order valence-corrected chi connectivity index (χ4v) is 25.2. The maximum absolute atomic E-state index is 6.75. The molecule has 0 unspecified atom stereocenters. The van der Waals surface area contributed by atoms with Gasteiger partial charge in [-0.25, -0.2) is 0 Å². The molecule has 15 aliphatic heterocycles. The average Bonchev–Trinajstić information content (AvgIpc) is 1.68. The van der Waals surface area contributed by atoms with Gasteiger partial charge in [-0.2, -0.15) is 0 Å². The van der Waals surface area contributed by atoms with Crippen molar-refractivity contribution in [2.24, 2.45) is 32.7 Å². The molecule has 107 heavy (non-hydrogen) atoms. The van der Waals surface area contributed by atoms with E-state index in [-0.39, 0.29) is 46.6 Å². The first-order valence-electron chi connectivity index (χ1n) is 39.5. The predicted molar refractivity (Wildman–Crippen MR) is 449 cm³/mol. The van der Waals surface area contributed by atoms with Gasteiger partial charge in [0.2, 0.25) is 0 Å². The van der Waals surface area contributed by atoms with Crippen LogP contribution in [0.4, 0.5) is 17.1 Å². The maximum atomic E-state index is 6.75. The molecule has 0 aromatic heterocycles. The zero-order valence-corrected chi connectivity index (χ0v) is 67.9. The summed E-state index contributed by atoms with van der Waals surface area (Å²) >= 11 is 15.6. The maximum Gasteiger partial charge on any atom is 0.169 e. The number of hydrogen-bond acceptors (Lipinski definition) is 15. The van der Waals surface area contributed by atoms with Crippen molar-refractivity contribution in [2.75, 3.05) is 73.8 Å². The van der Waals surface area contributed by atoms with Crippen LogP contribution < -0.4 is 28.9 Å². The second-order valence-corrected chi connectivity index (χ2v) is 38.4. The first-order valence-corrected chi connectivity index (χ1v) is 43.2. The van der Waals surface area contributed by atoms with Gasteiger partial charge in [0, 0.05) is 154 Å². The first kappa shape index (κ1) is 69.0. The van der Waals surface area contributed by atoms with Gasteiger partial charge in [-0.05, 0) is 226 Å². The number of halogens is 2. The molecule has 0 spiro atoms. The number of aliphatic imine (C=N–C) groups is 3. The van der Waals surface area contributed by atoms with Crippen LogP contribution in [0.25, 0.3) is 22.0 Å². The van der Waals surface area contributed by atoms with Crippen LogP contribution >= 0.6 is 62.8 Å². The molecular weight excluding hydrogens is 1470 g/mol. The zero-order chi connectivity index (χ0) is 72.7. The van der Waals surface area contributed by atoms with Crippen molar-refractivity contribution >= 4 is 117 Å². The highest BCUT2D eigenvalue weighted by molar-refractivity contribution is 9.10. The number of fused-ring (bicyclic) bond motifs is 15. The van der Waals surface area contributed by atoms with Crippen molar-refractivity contribution in [3.63, 3.8) is 0 Å². The van der Waals surface area contributed by atoms with Crippen LogP contribution in [-0.4, -0.2) is 106 Å². The third-order valence-corrected chi connectivity index (χ3v) is 30.5. The van der Waals surface area contributed by atoms with E-state index in [2.05, 4.69) is 229 Å². The highest BCUT2D eigenvalue weighted by atomic mass is 79.9. The molecule has 6 atom stereocenters. The Balaban J connectivity index is 0.000000106. The molecule has 12 nitrogen and oxygen atoms in total. The van der Waals surface area contributed by atoms with Crippen LogP contribution in [0.2, 0.25) is 5.02 Å². The van der Waals surface area contributed by atoms with Crippen molar-refractivity contribution in [1.82, 2.24) is 14.7 Å². The standard InChI is InChI=1S/C33H33N3OS.C29H32ClN3OS.C28H30BrN3OS/c1-33(2)26-20-37-30-24-16-10-18-35-17-9-15-23(28(24)35)19-25(30)27(26)34-32-36(33)29(21-11-5-3-6-12-21)31(38-32)22-13-7-4-8-14-22;1-16-9-10-19(14-23(16)30)25-17(2)35-28-31-24-21-13-18-7-5-11-32-12-6-8-20(26(18)32)27(21)34-15-22(24)29(3,4)33(25)28;1-16-24(17-8-10-19(29)11-9-17)32-27(34-16)30-23-21-14-18-6-4-12-31-13-5-7-20(25(18)31)26(21)33-15-22(23)28(32,2)3/h3-8,11-14,19,26-27H,9-10,15-18,20H2,1-2H3;9-10,13-14,22,24H,5-8,11-12,15H2,1-4H3;8-11,14,22-23H,4-7,12-13,15H2,1-3H3/t26-,27-;22-,24-;22-,23-/m000/s1. The normalized spacial score (nSPS) is 25.6. The second-order valence-electron chi connectivity index (χ2n) is 33.7. The SMILES string of the molecule is CC1(C)[C@H]2COc3c(cc4c5c3CCCN5CCC4)[C@@H]2N=C2SC(c3ccccc3)=C(c3ccccc3)N21.CC1=C(c2ccc(Br)cc2)N2C(=N[C@H]3c4cc5c6c(c4OC[C@@H]3C2(C)C)CCCN6CCC5)S1.CC1=C(c2ccc(C)c(Cl)c2)N2C(=N[C@H]3c4cc5c6c(c4OC[C@@H]3C2(C)C)CCCN6CCC5)S1. The smallest absolute Gasteiger partial charge is 0.169 e. The van der Waals surface area contributed by atoms with Crippen molar-refractivity contribution in [3.05, 3.63) is 219 Å². The van der Waals surface area contributed by atoms with Gasteiger partial charge < -0.3 is 43.6 Å². The average molecular weight is 1560 g/mol. The van der Waals surface area contributed by atoms with Gasteiger partial charge >= 0.3 is 0 Å². The number of ether oxygens (including phenoxy) is 3. The van der Waals surface area contributed by atoms with Gasteiger partial charge in [0.05, 0.1) is 55.0 Å². The van der Waals surface area contributed by atoms with E-state index in [1.54, 1.807) is 0 Å². The second kappa shape index (κ2) is 26.2. The van der Waals surface area contributed by atoms with Gasteiger partial charge in [-0.15, -0.1) is 0 Å². The molecule has 0 saturated heterocycles. The summed E-state index contributed by atoms with van der Waals surface area (Å²) in [4.78, 5) is 35.7. The molecule has 0 aliphatic carbocycles. The lowest BCUT2D eigenvalue weighted by molar-refractivity contribution is 0.0734. The lowest BCUT2D eigenvalue weighted by atomic mass is 9.74. The number of anilines is 3. The van der Waals surface area contributed by atoms with Crippen LogP contribution in [0.3, 0.4) is 0 Å². The number of allylic oxidation sites excluding steroid dienone is 2. The van der Waals surface area contributed by atoms with Crippen LogP contribution in [0.15, 0.2) is 151 Å². The third-order valence-electron chi connectivity index (χ3n) is 26.5. The van der Waals surface area contributed by atoms with E-state index in [9.17, 15) is 0 Å². The minimum atomic E-state index is -0.159. The van der Waals surface area contributed by atoms with Crippen LogP contribution in [0, 0.1) is 24.7 Å². The Bertz CT molecular complexity index is 5080. The molecule has 550 valence electrons. The summed E-state index contributed by atoms with van der Waals surface area (Å²) in [7, 11) is 0. The van der Waals surface area contributed by atoms with E-state index in [0.717, 1.165) is 79.2 Å². The van der Waals surface area contributed by atoms with Gasteiger partial charge in [-0.1, -0.05) is 136 Å². The van der Waals surface area contributed by atoms with Crippen LogP contribution in [0.5, 0.6) is 17.2 Å². The Morgan fingerprint density at radius 1 is 0.411 bits per heavy atom. The summed E-state index contributed by atoms with van der Waals surface area (Å²) < 4.78 is 21.2. The topological polar surface area (TPSA) is 84.2 Å². The number of aryl methyl sites for hydroxylation is 4. The van der Waals surface area contributed by atoms with Crippen molar-refractivity contribution in [3.8, 4) is 17.2 Å². The molecule has 7 aromatic rings. The Hall–Kier alpha value is -7.21. The molecule has 22 rings (SSSR count). The summed E-state index contributed by atoms with van der Waals surface area (Å²) in [5, 5.41) is 4.19. The third kappa shape index (κ3) is 10.9. The summed E-state index contributed by atoms with van der Waals surface area (Å²) in [6, 6.07) is 44.6. The zero-order valence-electron chi connectivity index (χ0n) is 63.1. The number of hydrogen-bond donors (Lipinski definition) is 0. The molecule has 0 radical (unpaired) electrons. The van der Waals surface area contributed by atoms with E-state index >= 15 is 0 Å². The summed E-state index contributed by atoms with van der Waals surface area (Å²) in [6.45, 7) is 30.1. The number of benzene rings is 7. The monoisotopic (exact) mass is 1560 g/mol. The molecule has 0 bridgehead atoms. The molecule has 17 heteroatoms. The Kier molecular flexibility index (Phi) is 16.9. The molecule has 7 aromatic carbocycles. The van der Waals surface area contributed by atoms with Gasteiger partial charge in [0.1, 0.15) is 17.2 Å². The minimum absolute atomic E-state index is 0.105. The van der Waals surface area contributed by atoms with E-state index in [1.807, 2.05) is 35.3 Å². The Morgan fingerprint density at radius 2 is 0.766 bits per heavy atom. The fraction of sp³-hybridized carbons (Fsp3) is 0.433. The molecule has 0 saturated carbocycles. The highest BCUT2D eigenvalue weighted by Crippen LogP contribution is 2.62. The largest absolute Gasteiger partial charge is 0.492 e. The van der Waals surface area contributed by atoms with E-state index in [4.69, 9.17) is 40.8 Å². The first-order chi connectivity index (χ1) is 51.9. The summed E-state index contributed by atoms with van der Waals surface area (Å²) in [5.74, 6) is 4.28. The molecular formula is C90H95BrClN9O3S3. The van der Waals surface area contributed by atoms with Crippen LogP contribution in [-0.2, 0) is 38.5 Å². The predicted octanol–water partition coefficient (Wildman–Crippen LogP) is 20.9. The summed E-state index contributed by atoms with van der Waals surface area (Å²) in [6.07, 6.45) is 14.3. The molecule has 0 amide bonds. The van der Waals surface area contributed by atoms with Gasteiger partial charge in [0.15, 0.2) is 15.5 Å². The lowest BCUT2D eigenvalue weighted by Crippen LogP contribution is -2.56. The number of thioether (sulfide) groups is 3. The van der Waals surface area contributed by atoms with Crippen molar-refractivity contribution in [2.45, 2.75) is 174 Å². The molecule has 15 heterocycles. The van der Waals surface area contributed by atoms with Gasteiger partial charge in [0.25, 0.3) is 0 Å². The fourth-order valence-electron chi connectivity index (χ4n) is 21.1. The Morgan fingerprint density at radius 3 is 1.18 bits per heavy atom. The number of nitrogens with zero attached hydrogens (tertiary/aromatic N) is 9. The number of rotatable bonds is 4. The van der Waals surface area contributed by atoms with Crippen molar-refractivity contribution < 1.29 is 14.2 Å². The molecule has 15 aliphatic rings. The quantitative estimate of drug-likeness (QED) is 0.168. The van der Waals surface area contributed by atoms with E-state index < -0.39 is 0 Å². The van der Waals surface area contributed by atoms with E-state index in [0.29, 0.717) is 19.1 Å². The Labute approximate surface area is 657 Å². The number of amidine groups is 3. The molecule has 0 N–H and O–H groups in total. The molecule has 0 fully saturated rings. The highest BCUT2D eigenvalue weighted by Gasteiger charge is 2.57. The van der Waals surface area contributed by atoms with Gasteiger partial charge in [-0.3, -0.25) is 15.0 Å². The van der Waals surface area contributed by atoms with E-state index in [1.165, 1.54) is 213 Å². The summed E-state index contributed by atoms with van der Waals surface area (Å²) in [5.41, 5.74) is 26.8. The minimum Gasteiger partial charge on any atom is -0.492 e. The van der Waals surface area contributed by atoms with Crippen LogP contribution in [0.1, 0.15) is 190 Å². The lowest BCUT2D eigenvalue weighted by Gasteiger charge is -2.52. The van der Waals surface area contributed by atoms with Crippen molar-refractivity contribution in [1.29, 1.82) is 0 Å².